The third-order valence-corrected chi connectivity index (χ3v) is 5.05. The van der Waals surface area contributed by atoms with E-state index in [9.17, 15) is 9.18 Å². The second-order valence-corrected chi connectivity index (χ2v) is 6.89. The molecule has 6 nitrogen and oxygen atoms in total. The number of amides is 1. The molecule has 0 spiro atoms. The SMILES string of the molecule is Cn1cnnc1SCc1ccc(C(=O)N/N=C/c2c(F)cccc2Cl)cc1. The molecule has 0 atom stereocenters. The summed E-state index contributed by atoms with van der Waals surface area (Å²) in [6, 6.07) is 11.4. The van der Waals surface area contributed by atoms with E-state index in [2.05, 4.69) is 20.7 Å². The third kappa shape index (κ3) is 4.93. The number of benzene rings is 2. The number of aromatic nitrogens is 3. The Balaban J connectivity index is 1.57. The lowest BCUT2D eigenvalue weighted by molar-refractivity contribution is 0.0955. The van der Waals surface area contributed by atoms with Gasteiger partial charge in [0.25, 0.3) is 5.91 Å². The van der Waals surface area contributed by atoms with E-state index in [-0.39, 0.29) is 10.6 Å². The predicted octanol–water partition coefficient (Wildman–Crippen LogP) is 3.66. The minimum absolute atomic E-state index is 0.121. The van der Waals surface area contributed by atoms with Gasteiger partial charge in [-0.2, -0.15) is 5.10 Å². The van der Waals surface area contributed by atoms with Crippen LogP contribution >= 0.6 is 23.4 Å². The van der Waals surface area contributed by atoms with Gasteiger partial charge in [-0.1, -0.05) is 41.6 Å². The molecule has 1 N–H and O–H groups in total. The van der Waals surface area contributed by atoms with Crippen LogP contribution in [0.15, 0.2) is 59.0 Å². The van der Waals surface area contributed by atoms with Crippen LogP contribution in [-0.4, -0.2) is 26.9 Å². The molecule has 0 aliphatic heterocycles. The smallest absolute Gasteiger partial charge is 0.271 e. The number of hydrazone groups is 1. The van der Waals surface area contributed by atoms with E-state index in [0.29, 0.717) is 11.3 Å². The summed E-state index contributed by atoms with van der Waals surface area (Å²) in [5.74, 6) is -0.199. The molecule has 0 aliphatic rings. The number of hydrogen-bond donors (Lipinski definition) is 1. The largest absolute Gasteiger partial charge is 0.312 e. The molecule has 0 unspecified atom stereocenters. The minimum Gasteiger partial charge on any atom is -0.312 e. The molecule has 1 aromatic heterocycles. The van der Waals surface area contributed by atoms with Crippen molar-refractivity contribution < 1.29 is 9.18 Å². The Morgan fingerprint density at radius 2 is 2.11 bits per heavy atom. The Kier molecular flexibility index (Phi) is 6.20. The van der Waals surface area contributed by atoms with Gasteiger partial charge < -0.3 is 4.57 Å². The second kappa shape index (κ2) is 8.79. The molecular formula is C18H15ClFN5OS. The maximum absolute atomic E-state index is 13.6. The highest BCUT2D eigenvalue weighted by molar-refractivity contribution is 7.98. The number of thioether (sulfide) groups is 1. The van der Waals surface area contributed by atoms with Crippen molar-refractivity contribution >= 4 is 35.5 Å². The summed E-state index contributed by atoms with van der Waals surface area (Å²) in [5, 5.41) is 12.6. The van der Waals surface area contributed by atoms with Crippen LogP contribution in [0.25, 0.3) is 0 Å². The number of hydrogen-bond acceptors (Lipinski definition) is 5. The van der Waals surface area contributed by atoms with Gasteiger partial charge >= 0.3 is 0 Å². The third-order valence-electron chi connectivity index (χ3n) is 3.61. The molecule has 0 bridgehead atoms. The zero-order valence-electron chi connectivity index (χ0n) is 14.3. The molecule has 2 aromatic carbocycles. The molecule has 1 amide bonds. The fourth-order valence-corrected chi connectivity index (χ4v) is 3.21. The van der Waals surface area contributed by atoms with Gasteiger partial charge in [-0.25, -0.2) is 9.82 Å². The van der Waals surface area contributed by atoms with Crippen LogP contribution in [0.4, 0.5) is 4.39 Å². The molecule has 0 saturated carbocycles. The fourth-order valence-electron chi connectivity index (χ4n) is 2.16. The highest BCUT2D eigenvalue weighted by Crippen LogP contribution is 2.20. The highest BCUT2D eigenvalue weighted by atomic mass is 35.5. The number of aryl methyl sites for hydroxylation is 1. The van der Waals surface area contributed by atoms with Crippen molar-refractivity contribution in [3.05, 3.63) is 76.3 Å². The van der Waals surface area contributed by atoms with Crippen LogP contribution < -0.4 is 5.43 Å². The predicted molar refractivity (Wildman–Crippen MR) is 103 cm³/mol. The summed E-state index contributed by atoms with van der Waals surface area (Å²) < 4.78 is 15.5. The minimum atomic E-state index is -0.509. The first-order valence-corrected chi connectivity index (χ1v) is 9.24. The Labute approximate surface area is 164 Å². The summed E-state index contributed by atoms with van der Waals surface area (Å²) >= 11 is 7.45. The number of carbonyl (C=O) groups is 1. The topological polar surface area (TPSA) is 72.2 Å². The van der Waals surface area contributed by atoms with Gasteiger partial charge in [0.2, 0.25) is 0 Å². The molecule has 27 heavy (non-hydrogen) atoms. The zero-order valence-corrected chi connectivity index (χ0v) is 15.8. The van der Waals surface area contributed by atoms with Crippen LogP contribution in [0.1, 0.15) is 21.5 Å². The maximum Gasteiger partial charge on any atom is 0.271 e. The van der Waals surface area contributed by atoms with E-state index in [1.807, 2.05) is 23.7 Å². The number of rotatable bonds is 6. The van der Waals surface area contributed by atoms with Crippen LogP contribution in [0.2, 0.25) is 5.02 Å². The highest BCUT2D eigenvalue weighted by Gasteiger charge is 2.07. The quantitative estimate of drug-likeness (QED) is 0.387. The summed E-state index contributed by atoms with van der Waals surface area (Å²) in [4.78, 5) is 12.1. The first kappa shape index (κ1) is 19.1. The van der Waals surface area contributed by atoms with Gasteiger partial charge in [-0.15, -0.1) is 10.2 Å². The molecule has 138 valence electrons. The lowest BCUT2D eigenvalue weighted by atomic mass is 10.1. The van der Waals surface area contributed by atoms with Crippen LogP contribution in [-0.2, 0) is 12.8 Å². The van der Waals surface area contributed by atoms with Crippen LogP contribution in [0.3, 0.4) is 0 Å². The van der Waals surface area contributed by atoms with Crippen molar-refractivity contribution in [2.24, 2.45) is 12.1 Å². The van der Waals surface area contributed by atoms with E-state index in [1.54, 1.807) is 36.3 Å². The summed E-state index contributed by atoms with van der Waals surface area (Å²) in [7, 11) is 1.88. The van der Waals surface area contributed by atoms with E-state index < -0.39 is 11.7 Å². The van der Waals surface area contributed by atoms with E-state index in [4.69, 9.17) is 11.6 Å². The Hall–Kier alpha value is -2.71. The standard InChI is InChI=1S/C18H15ClFN5OS/c1-25-11-22-24-18(25)27-10-12-5-7-13(8-6-12)17(26)23-21-9-14-15(19)3-2-4-16(14)20/h2-9,11H,10H2,1H3,(H,23,26)/b21-9+. The van der Waals surface area contributed by atoms with Crippen molar-refractivity contribution in [3.63, 3.8) is 0 Å². The average Bonchev–Trinajstić information content (AvgIpc) is 3.07. The van der Waals surface area contributed by atoms with Crippen molar-refractivity contribution in [1.82, 2.24) is 20.2 Å². The Morgan fingerprint density at radius 1 is 1.33 bits per heavy atom. The summed E-state index contributed by atoms with van der Waals surface area (Å²) in [5.41, 5.74) is 3.97. The van der Waals surface area contributed by atoms with Gasteiger partial charge in [0, 0.05) is 23.9 Å². The molecule has 0 radical (unpaired) electrons. The number of halogens is 2. The monoisotopic (exact) mass is 403 g/mol. The van der Waals surface area contributed by atoms with E-state index >= 15 is 0 Å². The van der Waals surface area contributed by atoms with Crippen molar-refractivity contribution in [2.45, 2.75) is 10.9 Å². The first-order valence-electron chi connectivity index (χ1n) is 7.88. The van der Waals surface area contributed by atoms with Crippen molar-refractivity contribution in [2.75, 3.05) is 0 Å². The second-order valence-electron chi connectivity index (χ2n) is 5.54. The van der Waals surface area contributed by atoms with Crippen molar-refractivity contribution in [3.8, 4) is 0 Å². The summed E-state index contributed by atoms with van der Waals surface area (Å²) in [6.45, 7) is 0. The molecule has 3 aromatic rings. The van der Waals surface area contributed by atoms with Gasteiger partial charge in [0.1, 0.15) is 12.1 Å². The van der Waals surface area contributed by atoms with Crippen molar-refractivity contribution in [1.29, 1.82) is 0 Å². The van der Waals surface area contributed by atoms with Gasteiger partial charge in [0.15, 0.2) is 5.16 Å². The molecular weight excluding hydrogens is 389 g/mol. The zero-order chi connectivity index (χ0) is 19.2. The maximum atomic E-state index is 13.6. The van der Waals surface area contributed by atoms with E-state index in [0.717, 1.165) is 10.7 Å². The lowest BCUT2D eigenvalue weighted by Gasteiger charge is -2.04. The fraction of sp³-hybridized carbons (Fsp3) is 0.111. The van der Waals surface area contributed by atoms with E-state index in [1.165, 1.54) is 18.3 Å². The molecule has 0 saturated heterocycles. The number of carbonyl (C=O) groups excluding carboxylic acids is 1. The normalized spacial score (nSPS) is 11.1. The molecule has 0 fully saturated rings. The number of nitrogens with one attached hydrogen (secondary N) is 1. The first-order chi connectivity index (χ1) is 13.0. The van der Waals surface area contributed by atoms with Gasteiger partial charge in [-0.05, 0) is 29.8 Å². The van der Waals surface area contributed by atoms with Crippen LogP contribution in [0, 0.1) is 5.82 Å². The molecule has 1 heterocycles. The lowest BCUT2D eigenvalue weighted by Crippen LogP contribution is -2.17. The van der Waals surface area contributed by atoms with Gasteiger partial charge in [0.05, 0.1) is 11.2 Å². The average molecular weight is 404 g/mol. The Bertz CT molecular complexity index is 954. The molecule has 0 aliphatic carbocycles. The number of nitrogens with zero attached hydrogens (tertiary/aromatic N) is 4. The van der Waals surface area contributed by atoms with Gasteiger partial charge in [-0.3, -0.25) is 4.79 Å². The molecule has 3 rings (SSSR count). The summed E-state index contributed by atoms with van der Waals surface area (Å²) in [6.07, 6.45) is 2.83. The van der Waals surface area contributed by atoms with Crippen LogP contribution in [0.5, 0.6) is 0 Å². The molecule has 9 heteroatoms. The Morgan fingerprint density at radius 3 is 2.78 bits per heavy atom.